The van der Waals surface area contributed by atoms with Crippen molar-refractivity contribution >= 4 is 16.6 Å². The molecular formula is C44H80O4Si2. The Morgan fingerprint density at radius 1 is 0.900 bits per heavy atom. The highest BCUT2D eigenvalue weighted by atomic mass is 28.4. The van der Waals surface area contributed by atoms with Crippen molar-refractivity contribution in [3.8, 4) is 0 Å². The van der Waals surface area contributed by atoms with Crippen molar-refractivity contribution in [3.63, 3.8) is 0 Å². The normalized spacial score (nSPS) is 32.8. The molecule has 4 rings (SSSR count). The highest BCUT2D eigenvalue weighted by Gasteiger charge is 2.51. The van der Waals surface area contributed by atoms with E-state index in [4.69, 9.17) is 24.9 Å². The average Bonchev–Trinajstić information content (AvgIpc) is 3.34. The van der Waals surface area contributed by atoms with Crippen molar-refractivity contribution in [3.05, 3.63) is 35.5 Å². The minimum absolute atomic E-state index is 0.00920. The van der Waals surface area contributed by atoms with Crippen molar-refractivity contribution in [1.82, 2.24) is 0 Å². The van der Waals surface area contributed by atoms with Gasteiger partial charge in [0.1, 0.15) is 0 Å². The molecule has 1 heterocycles. The molecule has 7 atom stereocenters. The first-order valence-corrected chi connectivity index (χ1v) is 26.5. The molecule has 3 saturated carbocycles. The summed E-state index contributed by atoms with van der Waals surface area (Å²) in [6.45, 7) is 38.9. The quantitative estimate of drug-likeness (QED) is 0.188. The topological polar surface area (TPSA) is 36.9 Å². The Bertz CT molecular complexity index is 1210. The van der Waals surface area contributed by atoms with Crippen molar-refractivity contribution in [1.29, 1.82) is 0 Å². The number of allylic oxidation sites excluding steroid dienone is 3. The van der Waals surface area contributed by atoms with Gasteiger partial charge in [-0.3, -0.25) is 0 Å². The maximum Gasteiger partial charge on any atom is 0.192 e. The Hall–Kier alpha value is -0.506. The molecule has 4 fully saturated rings. The average molecular weight is 729 g/mol. The summed E-state index contributed by atoms with van der Waals surface area (Å²) in [7, 11) is -3.91. The van der Waals surface area contributed by atoms with Crippen molar-refractivity contribution in [2.75, 3.05) is 6.61 Å². The summed E-state index contributed by atoms with van der Waals surface area (Å²) >= 11 is 0. The summed E-state index contributed by atoms with van der Waals surface area (Å²) in [5.74, 6) is 2.23. The van der Waals surface area contributed by atoms with Gasteiger partial charge >= 0.3 is 0 Å². The Morgan fingerprint density at radius 2 is 1.56 bits per heavy atom. The van der Waals surface area contributed by atoms with Gasteiger partial charge in [-0.25, -0.2) is 0 Å². The van der Waals surface area contributed by atoms with E-state index < -0.39 is 16.6 Å². The van der Waals surface area contributed by atoms with E-state index in [-0.39, 0.29) is 34.2 Å². The standard InChI is InChI=1S/C44H80O4Si2/c1-32(20-18-27-43(9,10)46-40-22-16-17-29-45-40)37-25-26-38-34(21-19-28-44(37,38)11)23-24-35-30-36(47-49(12,13)41(3,4)5)31-39(33(35)2)48-50(14,15)42(6,7)8/h23-24,32,36-40H,2,16-22,25-31H2,1,3-15H3/b34-23+,35-24+/t32-,36+,37-,38+,39-,40-,44-/m1/s1. The molecule has 0 unspecified atom stereocenters. The maximum atomic E-state index is 7.12. The van der Waals surface area contributed by atoms with Gasteiger partial charge in [-0.05, 0) is 149 Å². The van der Waals surface area contributed by atoms with Crippen LogP contribution in [0.1, 0.15) is 153 Å². The molecule has 4 nitrogen and oxygen atoms in total. The van der Waals surface area contributed by atoms with E-state index in [1.807, 2.05) is 0 Å². The Balaban J connectivity index is 1.47. The molecule has 288 valence electrons. The molecule has 0 aromatic rings. The smallest absolute Gasteiger partial charge is 0.192 e. The summed E-state index contributed by atoms with van der Waals surface area (Å²) in [6, 6.07) is 0. The zero-order chi connectivity index (χ0) is 37.3. The number of ether oxygens (including phenoxy) is 2. The highest BCUT2D eigenvalue weighted by molar-refractivity contribution is 6.74. The van der Waals surface area contributed by atoms with Gasteiger partial charge in [-0.15, -0.1) is 0 Å². The van der Waals surface area contributed by atoms with Crippen LogP contribution in [0.5, 0.6) is 0 Å². The Kier molecular flexibility index (Phi) is 13.6. The number of hydrogen-bond donors (Lipinski definition) is 0. The van der Waals surface area contributed by atoms with Crippen molar-refractivity contribution in [2.24, 2.45) is 23.2 Å². The van der Waals surface area contributed by atoms with Crippen LogP contribution in [-0.2, 0) is 18.3 Å². The van der Waals surface area contributed by atoms with Gasteiger partial charge in [0, 0.05) is 13.0 Å². The van der Waals surface area contributed by atoms with Crippen LogP contribution in [0.25, 0.3) is 0 Å². The second-order valence-electron chi connectivity index (χ2n) is 20.9. The summed E-state index contributed by atoms with van der Waals surface area (Å²) in [4.78, 5) is 0. The van der Waals surface area contributed by atoms with Crippen LogP contribution < -0.4 is 0 Å². The highest BCUT2D eigenvalue weighted by Crippen LogP contribution is 2.60. The zero-order valence-corrected chi connectivity index (χ0v) is 37.4. The summed E-state index contributed by atoms with van der Waals surface area (Å²) in [6.07, 6.45) is 20.7. The van der Waals surface area contributed by atoms with Crippen molar-refractivity contribution < 1.29 is 18.3 Å². The molecule has 6 heteroatoms. The van der Waals surface area contributed by atoms with Gasteiger partial charge in [0.2, 0.25) is 0 Å². The fraction of sp³-hybridized carbons (Fsp3) is 0.864. The lowest BCUT2D eigenvalue weighted by molar-refractivity contribution is -0.217. The van der Waals surface area contributed by atoms with E-state index >= 15 is 0 Å². The summed E-state index contributed by atoms with van der Waals surface area (Å²) < 4.78 is 26.6. The van der Waals surface area contributed by atoms with E-state index in [1.54, 1.807) is 5.57 Å². The number of fused-ring (bicyclic) bond motifs is 1. The predicted molar refractivity (Wildman–Crippen MR) is 219 cm³/mol. The van der Waals surface area contributed by atoms with Crippen LogP contribution in [0, 0.1) is 23.2 Å². The third-order valence-electron chi connectivity index (χ3n) is 14.5. The number of rotatable bonds is 12. The van der Waals surface area contributed by atoms with Crippen LogP contribution >= 0.6 is 0 Å². The monoisotopic (exact) mass is 729 g/mol. The van der Waals surface area contributed by atoms with Crippen molar-refractivity contribution in [2.45, 2.75) is 213 Å². The van der Waals surface area contributed by atoms with E-state index in [9.17, 15) is 0 Å². The molecule has 0 radical (unpaired) electrons. The van der Waals surface area contributed by atoms with Gasteiger partial charge in [0.05, 0.1) is 17.8 Å². The van der Waals surface area contributed by atoms with Crippen LogP contribution in [-0.4, -0.2) is 47.3 Å². The zero-order valence-electron chi connectivity index (χ0n) is 35.4. The molecule has 0 bridgehead atoms. The maximum absolute atomic E-state index is 7.12. The lowest BCUT2D eigenvalue weighted by Gasteiger charge is -2.46. The van der Waals surface area contributed by atoms with Crippen LogP contribution in [0.15, 0.2) is 35.5 Å². The fourth-order valence-electron chi connectivity index (χ4n) is 9.25. The van der Waals surface area contributed by atoms with E-state index in [0.29, 0.717) is 11.3 Å². The largest absolute Gasteiger partial charge is 0.413 e. The lowest BCUT2D eigenvalue weighted by Crippen LogP contribution is -2.49. The van der Waals surface area contributed by atoms with Gasteiger partial charge in [0.25, 0.3) is 0 Å². The molecule has 1 saturated heterocycles. The summed E-state index contributed by atoms with van der Waals surface area (Å²) in [5.41, 5.74) is 4.51. The second kappa shape index (κ2) is 16.1. The van der Waals surface area contributed by atoms with E-state index in [1.165, 1.54) is 68.9 Å². The molecule has 0 spiro atoms. The van der Waals surface area contributed by atoms with Crippen LogP contribution in [0.3, 0.4) is 0 Å². The fourth-order valence-corrected chi connectivity index (χ4v) is 11.9. The lowest BCUT2D eigenvalue weighted by atomic mass is 9.60. The molecule has 0 N–H and O–H groups in total. The molecule has 0 amide bonds. The molecule has 1 aliphatic heterocycles. The molecular weight excluding hydrogens is 649 g/mol. The molecule has 50 heavy (non-hydrogen) atoms. The SMILES string of the molecule is C=C1/C(=C/C=C2\CCC[C@]3(C)[C@@H]([C@H](C)CCCC(C)(C)O[C@@H]4CCCCO4)CC[C@@H]23)C[C@H](O[Si](C)(C)C(C)(C)C)C[C@H]1O[Si](C)(C)C(C)(C)C. The number of hydrogen-bond acceptors (Lipinski definition) is 4. The molecule has 0 aromatic heterocycles. The minimum Gasteiger partial charge on any atom is -0.413 e. The molecule has 4 aliphatic rings. The molecule has 3 aliphatic carbocycles. The first-order chi connectivity index (χ1) is 23.0. The predicted octanol–water partition coefficient (Wildman–Crippen LogP) is 13.3. The third-order valence-corrected chi connectivity index (χ3v) is 23.5. The Labute approximate surface area is 312 Å². The van der Waals surface area contributed by atoms with E-state index in [0.717, 1.165) is 44.1 Å². The second-order valence-corrected chi connectivity index (χ2v) is 30.4. The van der Waals surface area contributed by atoms with Gasteiger partial charge in [-0.1, -0.05) is 92.5 Å². The minimum atomic E-state index is -1.98. The molecule has 0 aromatic carbocycles. The van der Waals surface area contributed by atoms with Gasteiger partial charge < -0.3 is 18.3 Å². The van der Waals surface area contributed by atoms with E-state index in [2.05, 4.69) is 108 Å². The van der Waals surface area contributed by atoms with Gasteiger partial charge in [-0.2, -0.15) is 0 Å². The summed E-state index contributed by atoms with van der Waals surface area (Å²) in [5, 5.41) is 0.336. The Morgan fingerprint density at radius 3 is 2.18 bits per heavy atom. The van der Waals surface area contributed by atoms with Crippen LogP contribution in [0.4, 0.5) is 0 Å². The van der Waals surface area contributed by atoms with Crippen LogP contribution in [0.2, 0.25) is 36.3 Å². The van der Waals surface area contributed by atoms with Gasteiger partial charge in [0.15, 0.2) is 22.9 Å². The first kappa shape index (κ1) is 42.2. The third kappa shape index (κ3) is 10.2. The first-order valence-electron chi connectivity index (χ1n) is 20.7.